The molecule has 1 aliphatic heterocycles. The number of aromatic nitrogens is 1. The molecule has 0 saturated carbocycles. The van der Waals surface area contributed by atoms with Gasteiger partial charge in [0, 0.05) is 34.1 Å². The zero-order chi connectivity index (χ0) is 18.1. The molecule has 7 heteroatoms. The van der Waals surface area contributed by atoms with E-state index < -0.39 is 0 Å². The van der Waals surface area contributed by atoms with Crippen LogP contribution < -0.4 is 0 Å². The largest absolute Gasteiger partial charge is 0.402 e. The van der Waals surface area contributed by atoms with Crippen LogP contribution in [-0.4, -0.2) is 21.9 Å². The van der Waals surface area contributed by atoms with E-state index in [-0.39, 0.29) is 12.8 Å². The van der Waals surface area contributed by atoms with Crippen molar-refractivity contribution < 1.29 is 9.94 Å². The van der Waals surface area contributed by atoms with Gasteiger partial charge >= 0.3 is 0 Å². The SMILES string of the molecule is OCN1OC(c2ccc(Cl)cc2)=C(c2cccnc2)C1c1csc(Cl)c1. The van der Waals surface area contributed by atoms with E-state index in [1.54, 1.807) is 12.4 Å². The van der Waals surface area contributed by atoms with Crippen molar-refractivity contribution in [3.63, 3.8) is 0 Å². The van der Waals surface area contributed by atoms with Crippen LogP contribution in [0.2, 0.25) is 9.36 Å². The predicted octanol–water partition coefficient (Wildman–Crippen LogP) is 5.26. The number of hydroxylamine groups is 2. The first kappa shape index (κ1) is 17.5. The van der Waals surface area contributed by atoms with Crippen LogP contribution in [0.5, 0.6) is 0 Å². The summed E-state index contributed by atoms with van der Waals surface area (Å²) in [7, 11) is 0. The van der Waals surface area contributed by atoms with E-state index >= 15 is 0 Å². The molecule has 132 valence electrons. The second kappa shape index (κ2) is 7.39. The Labute approximate surface area is 164 Å². The van der Waals surface area contributed by atoms with Crippen molar-refractivity contribution in [1.29, 1.82) is 0 Å². The lowest BCUT2D eigenvalue weighted by Crippen LogP contribution is -2.24. The zero-order valence-electron chi connectivity index (χ0n) is 13.5. The third-order valence-electron chi connectivity index (χ3n) is 4.14. The Morgan fingerprint density at radius 3 is 2.58 bits per heavy atom. The van der Waals surface area contributed by atoms with Crippen LogP contribution in [-0.2, 0) is 4.84 Å². The molecular weight excluding hydrogens is 391 g/mol. The molecule has 0 fully saturated rings. The molecule has 1 atom stereocenters. The number of pyridine rings is 1. The summed E-state index contributed by atoms with van der Waals surface area (Å²) in [4.78, 5) is 10.3. The topological polar surface area (TPSA) is 45.6 Å². The molecule has 4 nitrogen and oxygen atoms in total. The van der Waals surface area contributed by atoms with Gasteiger partial charge in [-0.2, -0.15) is 0 Å². The number of thiophene rings is 1. The maximum atomic E-state index is 9.89. The zero-order valence-corrected chi connectivity index (χ0v) is 15.8. The fourth-order valence-corrected chi connectivity index (χ4v) is 4.05. The van der Waals surface area contributed by atoms with Gasteiger partial charge in [0.1, 0.15) is 12.8 Å². The minimum Gasteiger partial charge on any atom is -0.402 e. The monoisotopic (exact) mass is 404 g/mol. The normalized spacial score (nSPS) is 17.6. The maximum absolute atomic E-state index is 9.89. The van der Waals surface area contributed by atoms with Gasteiger partial charge in [-0.15, -0.1) is 16.4 Å². The number of nitrogens with zero attached hydrogens (tertiary/aromatic N) is 2. The smallest absolute Gasteiger partial charge is 0.160 e. The van der Waals surface area contributed by atoms with Crippen molar-refractivity contribution in [3.05, 3.63) is 86.3 Å². The van der Waals surface area contributed by atoms with Gasteiger partial charge < -0.3 is 9.94 Å². The van der Waals surface area contributed by atoms with Crippen LogP contribution >= 0.6 is 34.5 Å². The number of halogens is 2. The molecule has 0 bridgehead atoms. The molecule has 4 rings (SSSR count). The lowest BCUT2D eigenvalue weighted by Gasteiger charge is -2.21. The molecule has 0 aliphatic carbocycles. The number of aliphatic hydroxyl groups is 1. The molecule has 0 spiro atoms. The van der Waals surface area contributed by atoms with E-state index in [9.17, 15) is 5.11 Å². The number of rotatable bonds is 4. The van der Waals surface area contributed by atoms with E-state index in [0.717, 1.165) is 22.3 Å². The van der Waals surface area contributed by atoms with E-state index in [4.69, 9.17) is 28.0 Å². The molecule has 26 heavy (non-hydrogen) atoms. The third-order valence-corrected chi connectivity index (χ3v) is 5.50. The molecule has 0 radical (unpaired) electrons. The van der Waals surface area contributed by atoms with Crippen molar-refractivity contribution in [2.24, 2.45) is 0 Å². The van der Waals surface area contributed by atoms with Crippen LogP contribution in [0, 0.1) is 0 Å². The standard InChI is InChI=1S/C19H14Cl2N2O2S/c20-15-5-3-12(4-6-15)19-17(13-2-1-7-22-9-13)18(23(11-24)25-19)14-8-16(21)26-10-14/h1-10,18,24H,11H2. The fraction of sp³-hybridized carbons (Fsp3) is 0.105. The van der Waals surface area contributed by atoms with Crippen molar-refractivity contribution in [2.75, 3.05) is 6.73 Å². The molecule has 3 aromatic rings. The molecule has 1 N–H and O–H groups in total. The Balaban J connectivity index is 1.91. The van der Waals surface area contributed by atoms with Crippen molar-refractivity contribution in [1.82, 2.24) is 10.0 Å². The summed E-state index contributed by atoms with van der Waals surface area (Å²) in [6, 6.07) is 12.9. The average molecular weight is 405 g/mol. The fourth-order valence-electron chi connectivity index (χ4n) is 3.02. The molecule has 1 aliphatic rings. The highest BCUT2D eigenvalue weighted by molar-refractivity contribution is 7.14. The van der Waals surface area contributed by atoms with Gasteiger partial charge in [0.25, 0.3) is 0 Å². The molecule has 1 unspecified atom stereocenters. The molecule has 3 heterocycles. The van der Waals surface area contributed by atoms with Crippen LogP contribution in [0.25, 0.3) is 11.3 Å². The summed E-state index contributed by atoms with van der Waals surface area (Å²) >= 11 is 13.6. The lowest BCUT2D eigenvalue weighted by molar-refractivity contribution is -0.142. The molecule has 1 aromatic carbocycles. The van der Waals surface area contributed by atoms with Crippen LogP contribution in [0.15, 0.2) is 60.2 Å². The number of hydrogen-bond donors (Lipinski definition) is 1. The summed E-state index contributed by atoms with van der Waals surface area (Å²) < 4.78 is 0.684. The first-order valence-electron chi connectivity index (χ1n) is 7.87. The van der Waals surface area contributed by atoms with Gasteiger partial charge in [0.2, 0.25) is 0 Å². The minimum absolute atomic E-state index is 0.265. The first-order chi connectivity index (χ1) is 12.7. The van der Waals surface area contributed by atoms with Gasteiger partial charge in [-0.3, -0.25) is 4.98 Å². The molecule has 2 aromatic heterocycles. The molecular formula is C19H14Cl2N2O2S. The quantitative estimate of drug-likeness (QED) is 0.644. The van der Waals surface area contributed by atoms with E-state index in [0.29, 0.717) is 15.1 Å². The second-order valence-corrected chi connectivity index (χ2v) is 7.71. The Morgan fingerprint density at radius 2 is 1.96 bits per heavy atom. The van der Waals surface area contributed by atoms with E-state index in [1.807, 2.05) is 47.8 Å². The van der Waals surface area contributed by atoms with E-state index in [1.165, 1.54) is 16.4 Å². The summed E-state index contributed by atoms with van der Waals surface area (Å²) in [6.45, 7) is -0.265. The Kier molecular flexibility index (Phi) is 4.98. The summed E-state index contributed by atoms with van der Waals surface area (Å²) in [5.74, 6) is 0.663. The summed E-state index contributed by atoms with van der Waals surface area (Å²) in [5, 5.41) is 14.0. The Bertz CT molecular complexity index is 942. The van der Waals surface area contributed by atoms with Crippen LogP contribution in [0.4, 0.5) is 0 Å². The van der Waals surface area contributed by atoms with Gasteiger partial charge in [-0.25, -0.2) is 0 Å². The van der Waals surface area contributed by atoms with E-state index in [2.05, 4.69) is 4.98 Å². The van der Waals surface area contributed by atoms with Crippen LogP contribution in [0.1, 0.15) is 22.7 Å². The number of aliphatic hydroxyl groups excluding tert-OH is 1. The predicted molar refractivity (Wildman–Crippen MR) is 105 cm³/mol. The first-order valence-corrected chi connectivity index (χ1v) is 9.51. The third kappa shape index (κ3) is 3.24. The van der Waals surface area contributed by atoms with Crippen molar-refractivity contribution >= 4 is 45.9 Å². The Morgan fingerprint density at radius 1 is 1.15 bits per heavy atom. The minimum atomic E-state index is -0.293. The van der Waals surface area contributed by atoms with Gasteiger partial charge in [0.15, 0.2) is 5.76 Å². The van der Waals surface area contributed by atoms with Crippen LogP contribution in [0.3, 0.4) is 0 Å². The average Bonchev–Trinajstić information content (AvgIpc) is 3.26. The van der Waals surface area contributed by atoms with Gasteiger partial charge in [0.05, 0.1) is 4.34 Å². The summed E-state index contributed by atoms with van der Waals surface area (Å²) in [6.07, 6.45) is 3.51. The highest BCUT2D eigenvalue weighted by atomic mass is 35.5. The van der Waals surface area contributed by atoms with Crippen molar-refractivity contribution in [2.45, 2.75) is 6.04 Å². The maximum Gasteiger partial charge on any atom is 0.160 e. The van der Waals surface area contributed by atoms with Gasteiger partial charge in [-0.05, 0) is 47.3 Å². The molecule has 0 amide bonds. The highest BCUT2D eigenvalue weighted by Gasteiger charge is 2.38. The molecule has 0 saturated heterocycles. The van der Waals surface area contributed by atoms with Crippen molar-refractivity contribution in [3.8, 4) is 0 Å². The number of benzene rings is 1. The Hall–Kier alpha value is -1.89. The summed E-state index contributed by atoms with van der Waals surface area (Å²) in [5.41, 5.74) is 3.66. The highest BCUT2D eigenvalue weighted by Crippen LogP contribution is 2.48. The number of hydrogen-bond acceptors (Lipinski definition) is 5. The van der Waals surface area contributed by atoms with Gasteiger partial charge in [-0.1, -0.05) is 29.3 Å². The second-order valence-electron chi connectivity index (χ2n) is 5.73. The lowest BCUT2D eigenvalue weighted by atomic mass is 9.93.